The van der Waals surface area contributed by atoms with Gasteiger partial charge in [-0.3, -0.25) is 4.79 Å². The lowest BCUT2D eigenvalue weighted by atomic mass is 10.2. The van der Waals surface area contributed by atoms with Crippen molar-refractivity contribution in [3.63, 3.8) is 0 Å². The number of nitrogens with one attached hydrogen (secondary N) is 2. The van der Waals surface area contributed by atoms with E-state index in [1.807, 2.05) is 0 Å². The summed E-state index contributed by atoms with van der Waals surface area (Å²) >= 11 is 0. The third-order valence-corrected chi connectivity index (χ3v) is 2.95. The SMILES string of the molecule is Cc1ncc(CN=C(N)NCC2CCCO2)c(=O)[nH]1.I. The summed E-state index contributed by atoms with van der Waals surface area (Å²) in [4.78, 5) is 22.3. The van der Waals surface area contributed by atoms with E-state index in [9.17, 15) is 4.79 Å². The van der Waals surface area contributed by atoms with Crippen LogP contribution in [0.15, 0.2) is 16.0 Å². The molecule has 1 atom stereocenters. The molecule has 20 heavy (non-hydrogen) atoms. The van der Waals surface area contributed by atoms with Gasteiger partial charge in [0.1, 0.15) is 5.82 Å². The van der Waals surface area contributed by atoms with Gasteiger partial charge in [0, 0.05) is 19.3 Å². The molecule has 1 aliphatic heterocycles. The largest absolute Gasteiger partial charge is 0.376 e. The van der Waals surface area contributed by atoms with Crippen molar-refractivity contribution in [1.82, 2.24) is 15.3 Å². The van der Waals surface area contributed by atoms with Crippen molar-refractivity contribution in [2.75, 3.05) is 13.2 Å². The number of aromatic nitrogens is 2. The fraction of sp³-hybridized carbons (Fsp3) is 0.583. The van der Waals surface area contributed by atoms with Gasteiger partial charge in [0.15, 0.2) is 5.96 Å². The molecule has 0 radical (unpaired) electrons. The van der Waals surface area contributed by atoms with Gasteiger partial charge in [-0.15, -0.1) is 24.0 Å². The van der Waals surface area contributed by atoms with Crippen LogP contribution in [0.2, 0.25) is 0 Å². The number of guanidine groups is 1. The molecule has 1 fully saturated rings. The van der Waals surface area contributed by atoms with Gasteiger partial charge >= 0.3 is 0 Å². The van der Waals surface area contributed by atoms with Crippen molar-refractivity contribution >= 4 is 29.9 Å². The number of rotatable bonds is 4. The average Bonchev–Trinajstić information content (AvgIpc) is 2.88. The maximum absolute atomic E-state index is 11.6. The lowest BCUT2D eigenvalue weighted by Crippen LogP contribution is -2.37. The highest BCUT2D eigenvalue weighted by Crippen LogP contribution is 2.10. The fourth-order valence-corrected chi connectivity index (χ4v) is 1.87. The van der Waals surface area contributed by atoms with Crippen molar-refractivity contribution < 1.29 is 4.74 Å². The van der Waals surface area contributed by atoms with Crippen molar-refractivity contribution in [1.29, 1.82) is 0 Å². The van der Waals surface area contributed by atoms with Crippen LogP contribution in [-0.2, 0) is 11.3 Å². The number of aliphatic imine (C=N–C) groups is 1. The second-order valence-electron chi connectivity index (χ2n) is 4.54. The van der Waals surface area contributed by atoms with E-state index in [1.165, 1.54) is 6.20 Å². The first kappa shape index (κ1) is 16.9. The molecule has 4 N–H and O–H groups in total. The summed E-state index contributed by atoms with van der Waals surface area (Å²) in [6.07, 6.45) is 3.86. The normalized spacial score (nSPS) is 18.6. The Morgan fingerprint density at radius 3 is 3.15 bits per heavy atom. The quantitative estimate of drug-likeness (QED) is 0.387. The molecule has 1 saturated heterocycles. The van der Waals surface area contributed by atoms with E-state index < -0.39 is 0 Å². The van der Waals surface area contributed by atoms with E-state index >= 15 is 0 Å². The van der Waals surface area contributed by atoms with E-state index in [2.05, 4.69) is 20.3 Å². The summed E-state index contributed by atoms with van der Waals surface area (Å²) in [6.45, 7) is 3.41. The Hall–Kier alpha value is -1.16. The highest BCUT2D eigenvalue weighted by Gasteiger charge is 2.14. The lowest BCUT2D eigenvalue weighted by Gasteiger charge is -2.10. The summed E-state index contributed by atoms with van der Waals surface area (Å²) in [5.41, 5.74) is 6.05. The average molecular weight is 393 g/mol. The number of H-pyrrole nitrogens is 1. The smallest absolute Gasteiger partial charge is 0.255 e. The molecule has 0 aliphatic carbocycles. The highest BCUT2D eigenvalue weighted by molar-refractivity contribution is 14.0. The van der Waals surface area contributed by atoms with Gasteiger partial charge < -0.3 is 20.8 Å². The number of nitrogens with zero attached hydrogens (tertiary/aromatic N) is 2. The third kappa shape index (κ3) is 5.08. The van der Waals surface area contributed by atoms with Crippen LogP contribution in [0, 0.1) is 6.92 Å². The summed E-state index contributed by atoms with van der Waals surface area (Å²) in [5.74, 6) is 0.901. The van der Waals surface area contributed by atoms with Crippen molar-refractivity contribution in [3.8, 4) is 0 Å². The molecule has 1 unspecified atom stereocenters. The number of aromatic amines is 1. The Morgan fingerprint density at radius 1 is 1.70 bits per heavy atom. The standard InChI is InChI=1S/C12H19N5O2.HI/c1-8-14-5-9(11(18)17-8)6-15-12(13)16-7-10-3-2-4-19-10;/h5,10H,2-4,6-7H2,1H3,(H3,13,15,16)(H,14,17,18);1H. The van der Waals surface area contributed by atoms with Crippen LogP contribution in [0.25, 0.3) is 0 Å². The molecule has 8 heteroatoms. The number of hydrogen-bond donors (Lipinski definition) is 3. The maximum Gasteiger partial charge on any atom is 0.255 e. The minimum absolute atomic E-state index is 0. The number of aryl methyl sites for hydroxylation is 1. The molecule has 0 amide bonds. The topological polar surface area (TPSA) is 105 Å². The minimum atomic E-state index is -0.178. The van der Waals surface area contributed by atoms with Gasteiger partial charge in [0.2, 0.25) is 0 Å². The fourth-order valence-electron chi connectivity index (χ4n) is 1.87. The molecule has 1 aromatic rings. The van der Waals surface area contributed by atoms with E-state index in [0.29, 0.717) is 23.9 Å². The summed E-state index contributed by atoms with van der Waals surface area (Å²) in [5, 5.41) is 3.00. The first-order valence-corrected chi connectivity index (χ1v) is 6.35. The van der Waals surface area contributed by atoms with Gasteiger partial charge in [-0.1, -0.05) is 0 Å². The van der Waals surface area contributed by atoms with Gasteiger partial charge in [-0.05, 0) is 19.8 Å². The van der Waals surface area contributed by atoms with Crippen LogP contribution in [0.4, 0.5) is 0 Å². The summed E-state index contributed by atoms with van der Waals surface area (Å²) in [7, 11) is 0. The zero-order chi connectivity index (χ0) is 13.7. The second kappa shape index (κ2) is 8.20. The van der Waals surface area contributed by atoms with Crippen LogP contribution >= 0.6 is 24.0 Å². The molecule has 1 aromatic heterocycles. The molecule has 2 rings (SSSR count). The molecule has 0 saturated carbocycles. The van der Waals surface area contributed by atoms with Gasteiger partial charge in [-0.25, -0.2) is 9.98 Å². The van der Waals surface area contributed by atoms with Gasteiger partial charge in [-0.2, -0.15) is 0 Å². The van der Waals surface area contributed by atoms with Gasteiger partial charge in [0.25, 0.3) is 5.56 Å². The molecular formula is C12H20IN5O2. The Bertz CT molecular complexity index is 511. The van der Waals surface area contributed by atoms with Gasteiger partial charge in [0.05, 0.1) is 18.2 Å². The second-order valence-corrected chi connectivity index (χ2v) is 4.54. The zero-order valence-corrected chi connectivity index (χ0v) is 13.7. The highest BCUT2D eigenvalue weighted by atomic mass is 127. The molecule has 0 spiro atoms. The molecule has 112 valence electrons. The predicted octanol–water partition coefficient (Wildman–Crippen LogP) is 0.280. The van der Waals surface area contributed by atoms with E-state index in [-0.39, 0.29) is 42.2 Å². The molecule has 2 heterocycles. The molecular weight excluding hydrogens is 373 g/mol. The molecule has 1 aliphatic rings. The first-order chi connectivity index (χ1) is 9.15. The van der Waals surface area contributed by atoms with E-state index in [4.69, 9.17) is 10.5 Å². The number of nitrogens with two attached hydrogens (primary N) is 1. The predicted molar refractivity (Wildman–Crippen MR) is 87.3 cm³/mol. The monoisotopic (exact) mass is 393 g/mol. The van der Waals surface area contributed by atoms with Crippen molar-refractivity contribution in [2.45, 2.75) is 32.4 Å². The maximum atomic E-state index is 11.6. The Morgan fingerprint density at radius 2 is 2.50 bits per heavy atom. The van der Waals surface area contributed by atoms with Crippen LogP contribution < -0.4 is 16.6 Å². The number of halogens is 1. The van der Waals surface area contributed by atoms with E-state index in [0.717, 1.165) is 19.4 Å². The van der Waals surface area contributed by atoms with Crippen molar-refractivity contribution in [2.24, 2.45) is 10.7 Å². The molecule has 7 nitrogen and oxygen atoms in total. The summed E-state index contributed by atoms with van der Waals surface area (Å²) in [6, 6.07) is 0. The van der Waals surface area contributed by atoms with E-state index in [1.54, 1.807) is 6.92 Å². The Labute approximate surface area is 134 Å². The lowest BCUT2D eigenvalue weighted by molar-refractivity contribution is 0.114. The summed E-state index contributed by atoms with van der Waals surface area (Å²) < 4.78 is 5.46. The van der Waals surface area contributed by atoms with Crippen LogP contribution in [0.5, 0.6) is 0 Å². The minimum Gasteiger partial charge on any atom is -0.376 e. The Balaban J connectivity index is 0.00000200. The molecule has 0 bridgehead atoms. The Kier molecular flexibility index (Phi) is 6.93. The zero-order valence-electron chi connectivity index (χ0n) is 11.4. The third-order valence-electron chi connectivity index (χ3n) is 2.95. The first-order valence-electron chi connectivity index (χ1n) is 6.35. The van der Waals surface area contributed by atoms with Crippen LogP contribution in [0.3, 0.4) is 0 Å². The number of hydrogen-bond acceptors (Lipinski definition) is 4. The van der Waals surface area contributed by atoms with Crippen molar-refractivity contribution in [3.05, 3.63) is 27.9 Å². The van der Waals surface area contributed by atoms with Crippen LogP contribution in [0.1, 0.15) is 24.2 Å². The number of ether oxygens (including phenoxy) is 1. The van der Waals surface area contributed by atoms with Crippen LogP contribution in [-0.4, -0.2) is 35.2 Å². The molecule has 0 aromatic carbocycles.